The molecule has 3 unspecified atom stereocenters. The molecule has 0 saturated heterocycles. The lowest BCUT2D eigenvalue weighted by Crippen LogP contribution is -2.39. The predicted molar refractivity (Wildman–Crippen MR) is 80.7 cm³/mol. The Morgan fingerprint density at radius 1 is 1.43 bits per heavy atom. The first-order chi connectivity index (χ1) is 9.65. The summed E-state index contributed by atoms with van der Waals surface area (Å²) in [5, 5.41) is 12.9. The number of carbonyl (C=O) groups is 1. The zero-order chi connectivity index (χ0) is 15.8. The largest absolute Gasteiger partial charge is 0.388 e. The van der Waals surface area contributed by atoms with Crippen LogP contribution in [0.4, 0.5) is 4.39 Å². The molecule has 0 bridgehead atoms. The molecule has 0 aromatic heterocycles. The van der Waals surface area contributed by atoms with Gasteiger partial charge in [0.2, 0.25) is 5.91 Å². The Balaban J connectivity index is 1.89. The number of rotatable bonds is 5. The highest BCUT2D eigenvalue weighted by molar-refractivity contribution is 6.53. The van der Waals surface area contributed by atoms with Gasteiger partial charge >= 0.3 is 0 Å². The van der Waals surface area contributed by atoms with Gasteiger partial charge < -0.3 is 10.4 Å². The van der Waals surface area contributed by atoms with E-state index in [1.807, 2.05) is 0 Å². The maximum atomic E-state index is 12.8. The number of nitrogens with one attached hydrogen (secondary N) is 1. The Kier molecular flexibility index (Phi) is 4.52. The molecule has 2 rings (SSSR count). The quantitative estimate of drug-likeness (QED) is 0.812. The van der Waals surface area contributed by atoms with Crippen LogP contribution in [0.25, 0.3) is 0 Å². The normalized spacial score (nSPS) is 26.0. The summed E-state index contributed by atoms with van der Waals surface area (Å²) in [6.07, 6.45) is -0.0302. The van der Waals surface area contributed by atoms with Crippen molar-refractivity contribution < 1.29 is 14.3 Å². The molecule has 116 valence electrons. The van der Waals surface area contributed by atoms with E-state index in [9.17, 15) is 14.3 Å². The molecule has 21 heavy (non-hydrogen) atoms. The Labute approximate surface area is 133 Å². The van der Waals surface area contributed by atoms with Crippen LogP contribution in [0, 0.1) is 11.2 Å². The highest BCUT2D eigenvalue weighted by Crippen LogP contribution is 2.63. The van der Waals surface area contributed by atoms with E-state index < -0.39 is 15.9 Å². The van der Waals surface area contributed by atoms with Crippen LogP contribution in [-0.2, 0) is 4.79 Å². The third kappa shape index (κ3) is 3.50. The van der Waals surface area contributed by atoms with Crippen LogP contribution < -0.4 is 5.32 Å². The van der Waals surface area contributed by atoms with E-state index in [0.29, 0.717) is 18.4 Å². The molecule has 1 aromatic rings. The van der Waals surface area contributed by atoms with Gasteiger partial charge in [-0.15, -0.1) is 23.2 Å². The van der Waals surface area contributed by atoms with Gasteiger partial charge in [0.05, 0.1) is 11.5 Å². The molecule has 1 fully saturated rings. The second-order valence-corrected chi connectivity index (χ2v) is 7.37. The summed E-state index contributed by atoms with van der Waals surface area (Å²) in [6.45, 7) is 3.51. The van der Waals surface area contributed by atoms with E-state index in [0.717, 1.165) is 0 Å². The summed E-state index contributed by atoms with van der Waals surface area (Å²) in [7, 11) is 0. The molecule has 3 nitrogen and oxygen atoms in total. The van der Waals surface area contributed by atoms with Crippen LogP contribution in [0.3, 0.4) is 0 Å². The minimum atomic E-state index is -1.01. The molecular weight excluding hydrogens is 316 g/mol. The molecule has 1 aromatic carbocycles. The Morgan fingerprint density at radius 2 is 1.95 bits per heavy atom. The molecule has 1 saturated carbocycles. The van der Waals surface area contributed by atoms with Crippen molar-refractivity contribution >= 4 is 29.1 Å². The van der Waals surface area contributed by atoms with Gasteiger partial charge in [-0.1, -0.05) is 12.1 Å². The van der Waals surface area contributed by atoms with E-state index in [1.54, 1.807) is 13.8 Å². The van der Waals surface area contributed by atoms with Gasteiger partial charge in [-0.25, -0.2) is 4.39 Å². The van der Waals surface area contributed by atoms with Crippen LogP contribution in [0.15, 0.2) is 24.3 Å². The summed E-state index contributed by atoms with van der Waals surface area (Å²) in [5.41, 5.74) is -0.162. The van der Waals surface area contributed by atoms with E-state index in [2.05, 4.69) is 5.32 Å². The third-order valence-corrected chi connectivity index (χ3v) is 5.07. The van der Waals surface area contributed by atoms with Crippen molar-refractivity contribution in [3.63, 3.8) is 0 Å². The predicted octanol–water partition coefficient (Wildman–Crippen LogP) is 3.34. The molecule has 6 heteroatoms. The van der Waals surface area contributed by atoms with Gasteiger partial charge in [0.25, 0.3) is 0 Å². The molecule has 1 amide bonds. The Hall–Kier alpha value is -0.840. The first-order valence-electron chi connectivity index (χ1n) is 6.78. The van der Waals surface area contributed by atoms with Crippen molar-refractivity contribution in [3.8, 4) is 0 Å². The molecule has 3 atom stereocenters. The lowest BCUT2D eigenvalue weighted by Gasteiger charge is -2.21. The zero-order valence-electron chi connectivity index (χ0n) is 11.9. The summed E-state index contributed by atoms with van der Waals surface area (Å²) in [6, 6.07) is 5.39. The number of carbonyl (C=O) groups excluding carboxylic acids is 1. The first-order valence-corrected chi connectivity index (χ1v) is 7.53. The Morgan fingerprint density at radius 3 is 2.43 bits per heavy atom. The average molecular weight is 334 g/mol. The van der Waals surface area contributed by atoms with Crippen molar-refractivity contribution in [1.82, 2.24) is 5.32 Å². The van der Waals surface area contributed by atoms with E-state index in [1.165, 1.54) is 24.3 Å². The topological polar surface area (TPSA) is 49.3 Å². The van der Waals surface area contributed by atoms with E-state index >= 15 is 0 Å². The van der Waals surface area contributed by atoms with E-state index in [-0.39, 0.29) is 17.8 Å². The monoisotopic (exact) mass is 333 g/mol. The molecule has 0 heterocycles. The number of aliphatic hydroxyl groups excluding tert-OH is 1. The molecule has 1 aliphatic rings. The molecule has 2 N–H and O–H groups in total. The van der Waals surface area contributed by atoms with Gasteiger partial charge in [0.1, 0.15) is 10.2 Å². The molecule has 0 aliphatic heterocycles. The smallest absolute Gasteiger partial charge is 0.229 e. The van der Waals surface area contributed by atoms with Crippen LogP contribution >= 0.6 is 23.2 Å². The fourth-order valence-corrected chi connectivity index (χ4v) is 2.95. The molecular formula is C15H18Cl2FNO2. The second kappa shape index (κ2) is 5.75. The highest BCUT2D eigenvalue weighted by Gasteiger charge is 2.67. The van der Waals surface area contributed by atoms with Crippen LogP contribution in [-0.4, -0.2) is 21.4 Å². The van der Waals surface area contributed by atoms with Gasteiger partial charge in [-0.2, -0.15) is 0 Å². The van der Waals surface area contributed by atoms with Crippen LogP contribution in [0.1, 0.15) is 38.4 Å². The highest BCUT2D eigenvalue weighted by atomic mass is 35.5. The zero-order valence-corrected chi connectivity index (χ0v) is 13.4. The van der Waals surface area contributed by atoms with Crippen LogP contribution in [0.5, 0.6) is 0 Å². The number of aliphatic hydroxyl groups is 1. The second-order valence-electron chi connectivity index (χ2n) is 5.89. The van der Waals surface area contributed by atoms with Crippen molar-refractivity contribution in [3.05, 3.63) is 35.6 Å². The van der Waals surface area contributed by atoms with Crippen LogP contribution in [0.2, 0.25) is 0 Å². The van der Waals surface area contributed by atoms with Crippen molar-refractivity contribution in [1.29, 1.82) is 0 Å². The lowest BCUT2D eigenvalue weighted by atomic mass is 10.0. The minimum absolute atomic E-state index is 0.216. The summed E-state index contributed by atoms with van der Waals surface area (Å²) >= 11 is 11.9. The molecule has 0 radical (unpaired) electrons. The SMILES string of the molecule is CC(CC(O)c1ccc(F)cc1)NC(=O)C1(C)CC1(Cl)Cl. The van der Waals surface area contributed by atoms with Crippen molar-refractivity contribution in [2.45, 2.75) is 43.2 Å². The maximum absolute atomic E-state index is 12.8. The van der Waals surface area contributed by atoms with Crippen molar-refractivity contribution in [2.75, 3.05) is 0 Å². The number of alkyl halides is 2. The number of amides is 1. The number of benzene rings is 1. The fourth-order valence-electron chi connectivity index (χ4n) is 2.24. The number of hydrogen-bond acceptors (Lipinski definition) is 2. The first kappa shape index (κ1) is 16.5. The standard InChI is InChI=1S/C15H18Cl2FNO2/c1-9(19-13(21)14(2)8-15(14,16)17)7-12(20)10-3-5-11(18)6-4-10/h3-6,9,12,20H,7-8H2,1-2H3,(H,19,21). The summed E-state index contributed by atoms with van der Waals surface area (Å²) < 4.78 is 11.8. The minimum Gasteiger partial charge on any atom is -0.388 e. The Bertz CT molecular complexity index is 535. The number of halogens is 3. The summed E-state index contributed by atoms with van der Waals surface area (Å²) in [4.78, 5) is 12.1. The van der Waals surface area contributed by atoms with Gasteiger partial charge in [0, 0.05) is 6.04 Å². The molecule has 1 aliphatic carbocycles. The maximum Gasteiger partial charge on any atom is 0.229 e. The van der Waals surface area contributed by atoms with E-state index in [4.69, 9.17) is 23.2 Å². The summed E-state index contributed by atoms with van der Waals surface area (Å²) in [5.74, 6) is -0.569. The third-order valence-electron chi connectivity index (χ3n) is 3.97. The van der Waals surface area contributed by atoms with Gasteiger partial charge in [-0.05, 0) is 44.4 Å². The van der Waals surface area contributed by atoms with Gasteiger partial charge in [0.15, 0.2) is 0 Å². The average Bonchev–Trinajstić information content (AvgIpc) is 2.90. The van der Waals surface area contributed by atoms with Crippen molar-refractivity contribution in [2.24, 2.45) is 5.41 Å². The lowest BCUT2D eigenvalue weighted by molar-refractivity contribution is -0.126. The fraction of sp³-hybridized carbons (Fsp3) is 0.533. The molecule has 0 spiro atoms. The van der Waals surface area contributed by atoms with Gasteiger partial charge in [-0.3, -0.25) is 4.79 Å². The number of hydrogen-bond donors (Lipinski definition) is 2.